The van der Waals surface area contributed by atoms with Gasteiger partial charge in [0.05, 0.1) is 10.0 Å². The Bertz CT molecular complexity index is 448. The number of benzene rings is 1. The Hall–Kier alpha value is -0.990. The first-order chi connectivity index (χ1) is 7.69. The predicted molar refractivity (Wildman–Crippen MR) is 62.4 cm³/mol. The molecule has 4 heteroatoms. The zero-order chi connectivity index (χ0) is 11.6. The predicted octanol–water partition coefficient (Wildman–Crippen LogP) is 3.69. The molecule has 0 heterocycles. The molecule has 0 unspecified atom stereocenters. The van der Waals surface area contributed by atoms with Gasteiger partial charge in [-0.25, -0.2) is 9.18 Å². The molecule has 84 valence electrons. The summed E-state index contributed by atoms with van der Waals surface area (Å²) in [7, 11) is 0. The fourth-order valence-electron chi connectivity index (χ4n) is 2.35. The molecule has 0 N–H and O–H groups in total. The minimum atomic E-state index is -0.567. The first kappa shape index (κ1) is 11.5. The summed E-state index contributed by atoms with van der Waals surface area (Å²) >= 11 is 3.23. The first-order valence-electron chi connectivity index (χ1n) is 5.23. The number of hydrogen-bond acceptors (Lipinski definition) is 2. The average Bonchev–Trinajstić information content (AvgIpc) is 2.72. The number of isocyanates is 1. The normalized spacial score (nSPS) is 18.1. The zero-order valence-corrected chi connectivity index (χ0v) is 10.3. The van der Waals surface area contributed by atoms with Crippen molar-refractivity contribution >= 4 is 22.0 Å². The van der Waals surface area contributed by atoms with Crippen LogP contribution in [0, 0.1) is 5.82 Å². The third-order valence-corrected chi connectivity index (χ3v) is 3.95. The Balaban J connectivity index is 2.55. The van der Waals surface area contributed by atoms with Gasteiger partial charge >= 0.3 is 0 Å². The van der Waals surface area contributed by atoms with Gasteiger partial charge in [-0.1, -0.05) is 25.0 Å². The molecule has 0 atom stereocenters. The van der Waals surface area contributed by atoms with Gasteiger partial charge in [-0.05, 0) is 40.4 Å². The van der Waals surface area contributed by atoms with E-state index in [1.165, 1.54) is 6.07 Å². The third-order valence-electron chi connectivity index (χ3n) is 3.14. The lowest BCUT2D eigenvalue weighted by molar-refractivity contribution is 0.450. The van der Waals surface area contributed by atoms with E-state index < -0.39 is 5.54 Å². The summed E-state index contributed by atoms with van der Waals surface area (Å²) in [4.78, 5) is 14.5. The second-order valence-corrected chi connectivity index (χ2v) is 4.84. The molecule has 0 aliphatic heterocycles. The van der Waals surface area contributed by atoms with Crippen molar-refractivity contribution in [1.29, 1.82) is 0 Å². The highest BCUT2D eigenvalue weighted by Crippen LogP contribution is 2.45. The standard InChI is InChI=1S/C12H11BrFNO/c13-11-9(4-3-5-10(11)14)12(15-8-16)6-1-2-7-12/h3-5H,1-2,6-7H2. The van der Waals surface area contributed by atoms with Crippen LogP contribution >= 0.6 is 15.9 Å². The van der Waals surface area contributed by atoms with Crippen molar-refractivity contribution in [1.82, 2.24) is 0 Å². The van der Waals surface area contributed by atoms with Crippen molar-refractivity contribution in [2.75, 3.05) is 0 Å². The van der Waals surface area contributed by atoms with Gasteiger partial charge in [0, 0.05) is 0 Å². The fraction of sp³-hybridized carbons (Fsp3) is 0.417. The van der Waals surface area contributed by atoms with Crippen LogP contribution in [0.4, 0.5) is 4.39 Å². The van der Waals surface area contributed by atoms with Gasteiger partial charge in [0.2, 0.25) is 6.08 Å². The Kier molecular flexibility index (Phi) is 3.22. The number of carbonyl (C=O) groups excluding carboxylic acids is 1. The molecule has 2 nitrogen and oxygen atoms in total. The second kappa shape index (κ2) is 4.48. The van der Waals surface area contributed by atoms with Crippen LogP contribution in [0.15, 0.2) is 27.7 Å². The van der Waals surface area contributed by atoms with Crippen LogP contribution in [-0.4, -0.2) is 6.08 Å². The van der Waals surface area contributed by atoms with E-state index in [0.717, 1.165) is 31.2 Å². The lowest BCUT2D eigenvalue weighted by Gasteiger charge is -2.24. The molecule has 0 radical (unpaired) electrons. The summed E-state index contributed by atoms with van der Waals surface area (Å²) in [5.41, 5.74) is 0.191. The van der Waals surface area contributed by atoms with Gasteiger partial charge in [0.25, 0.3) is 0 Å². The van der Waals surface area contributed by atoms with Gasteiger partial charge in [0.15, 0.2) is 0 Å². The molecule has 0 bridgehead atoms. The maximum Gasteiger partial charge on any atom is 0.235 e. The van der Waals surface area contributed by atoms with E-state index in [-0.39, 0.29) is 5.82 Å². The van der Waals surface area contributed by atoms with Crippen LogP contribution in [0.1, 0.15) is 31.2 Å². The fourth-order valence-corrected chi connectivity index (χ4v) is 2.99. The summed E-state index contributed by atoms with van der Waals surface area (Å²) in [6.45, 7) is 0. The first-order valence-corrected chi connectivity index (χ1v) is 6.02. The van der Waals surface area contributed by atoms with Gasteiger partial charge in [-0.15, -0.1) is 0 Å². The van der Waals surface area contributed by atoms with Gasteiger partial charge in [-0.2, -0.15) is 4.99 Å². The van der Waals surface area contributed by atoms with Crippen LogP contribution in [0.5, 0.6) is 0 Å². The molecule has 0 spiro atoms. The van der Waals surface area contributed by atoms with E-state index in [1.807, 2.05) is 6.07 Å². The Morgan fingerprint density at radius 2 is 2.06 bits per heavy atom. The Morgan fingerprint density at radius 3 is 2.69 bits per heavy atom. The molecule has 1 aliphatic rings. The SMILES string of the molecule is O=C=NC1(c2cccc(F)c2Br)CCCC1. The minimum Gasteiger partial charge on any atom is -0.211 e. The number of nitrogens with zero attached hydrogens (tertiary/aromatic N) is 1. The van der Waals surface area contributed by atoms with E-state index in [1.54, 1.807) is 12.1 Å². The molecule has 0 saturated heterocycles. The second-order valence-electron chi connectivity index (χ2n) is 4.04. The maximum atomic E-state index is 13.5. The lowest BCUT2D eigenvalue weighted by atomic mass is 9.89. The monoisotopic (exact) mass is 283 g/mol. The average molecular weight is 284 g/mol. The van der Waals surface area contributed by atoms with Crippen molar-refractivity contribution in [2.24, 2.45) is 4.99 Å². The summed E-state index contributed by atoms with van der Waals surface area (Å²) in [6, 6.07) is 4.86. The summed E-state index contributed by atoms with van der Waals surface area (Å²) in [5.74, 6) is -0.315. The van der Waals surface area contributed by atoms with E-state index in [4.69, 9.17) is 0 Å². The van der Waals surface area contributed by atoms with E-state index in [0.29, 0.717) is 4.47 Å². The van der Waals surface area contributed by atoms with Crippen molar-refractivity contribution in [3.8, 4) is 0 Å². The Labute approximate surface area is 102 Å². The van der Waals surface area contributed by atoms with Crippen LogP contribution in [0.3, 0.4) is 0 Å². The molecule has 1 fully saturated rings. The van der Waals surface area contributed by atoms with Crippen LogP contribution in [0.2, 0.25) is 0 Å². The molecular weight excluding hydrogens is 273 g/mol. The molecule has 1 aromatic carbocycles. The molecule has 1 saturated carbocycles. The van der Waals surface area contributed by atoms with Crippen molar-refractivity contribution in [3.05, 3.63) is 34.1 Å². The number of halogens is 2. The van der Waals surface area contributed by atoms with E-state index in [2.05, 4.69) is 20.9 Å². The van der Waals surface area contributed by atoms with Gasteiger partial charge in [0.1, 0.15) is 5.82 Å². The summed E-state index contributed by atoms with van der Waals surface area (Å²) < 4.78 is 13.9. The highest BCUT2D eigenvalue weighted by Gasteiger charge is 2.37. The van der Waals surface area contributed by atoms with E-state index >= 15 is 0 Å². The van der Waals surface area contributed by atoms with Gasteiger partial charge in [-0.3, -0.25) is 0 Å². The molecular formula is C12H11BrFNO. The molecule has 0 amide bonds. The van der Waals surface area contributed by atoms with Crippen LogP contribution in [-0.2, 0) is 10.3 Å². The van der Waals surface area contributed by atoms with Crippen molar-refractivity contribution in [2.45, 2.75) is 31.2 Å². The molecule has 1 aromatic rings. The lowest BCUT2D eigenvalue weighted by Crippen LogP contribution is -2.19. The van der Waals surface area contributed by atoms with Crippen LogP contribution < -0.4 is 0 Å². The smallest absolute Gasteiger partial charge is 0.211 e. The van der Waals surface area contributed by atoms with Gasteiger partial charge < -0.3 is 0 Å². The number of aliphatic imine (C=N–C) groups is 1. The zero-order valence-electron chi connectivity index (χ0n) is 8.67. The molecule has 0 aromatic heterocycles. The van der Waals surface area contributed by atoms with Crippen molar-refractivity contribution in [3.63, 3.8) is 0 Å². The topological polar surface area (TPSA) is 29.4 Å². The Morgan fingerprint density at radius 1 is 1.38 bits per heavy atom. The number of rotatable bonds is 2. The summed E-state index contributed by atoms with van der Waals surface area (Å²) in [5, 5.41) is 0. The molecule has 16 heavy (non-hydrogen) atoms. The molecule has 2 rings (SSSR count). The van der Waals surface area contributed by atoms with Crippen molar-refractivity contribution < 1.29 is 9.18 Å². The van der Waals surface area contributed by atoms with E-state index in [9.17, 15) is 9.18 Å². The highest BCUT2D eigenvalue weighted by molar-refractivity contribution is 9.10. The maximum absolute atomic E-state index is 13.5. The number of hydrogen-bond donors (Lipinski definition) is 0. The minimum absolute atomic E-state index is 0.315. The molecule has 1 aliphatic carbocycles. The van der Waals surface area contributed by atoms with Crippen LogP contribution in [0.25, 0.3) is 0 Å². The quantitative estimate of drug-likeness (QED) is 0.601. The highest BCUT2D eigenvalue weighted by atomic mass is 79.9. The summed E-state index contributed by atoms with van der Waals surface area (Å²) in [6.07, 6.45) is 5.21. The third kappa shape index (κ3) is 1.83. The largest absolute Gasteiger partial charge is 0.235 e.